The van der Waals surface area contributed by atoms with Crippen LogP contribution < -0.4 is 0 Å². The number of hydrogen-bond acceptors (Lipinski definition) is 5. The van der Waals surface area contributed by atoms with Crippen molar-refractivity contribution in [2.75, 3.05) is 19.8 Å². The number of nitrogens with one attached hydrogen (secondary N) is 1. The summed E-state index contributed by atoms with van der Waals surface area (Å²) >= 11 is 0. The second kappa shape index (κ2) is 8.80. The van der Waals surface area contributed by atoms with E-state index in [0.717, 1.165) is 5.56 Å². The number of nitrogens with zero attached hydrogens (tertiary/aromatic N) is 2. The van der Waals surface area contributed by atoms with Gasteiger partial charge in [-0.3, -0.25) is 4.79 Å². The Morgan fingerprint density at radius 3 is 2.65 bits per heavy atom. The zero-order valence-electron chi connectivity index (χ0n) is 17.7. The SMILES string of the molecule is CCC(c1nc(-c2ccccc2)c(C(=O)O)[nH]1)C1(O)CCC(N2CCOCC2=O)CC1. The molecule has 1 saturated heterocycles. The van der Waals surface area contributed by atoms with Crippen LogP contribution in [0, 0.1) is 0 Å². The topological polar surface area (TPSA) is 116 Å². The molecule has 1 amide bonds. The monoisotopic (exact) mass is 427 g/mol. The maximum atomic E-state index is 12.2. The molecule has 4 rings (SSSR count). The van der Waals surface area contributed by atoms with Crippen molar-refractivity contribution in [2.24, 2.45) is 0 Å². The number of aromatic amines is 1. The Balaban J connectivity index is 1.56. The molecular formula is C23H29N3O5. The number of H-pyrrole nitrogens is 1. The number of ether oxygens (including phenoxy) is 1. The van der Waals surface area contributed by atoms with Crippen LogP contribution in [0.5, 0.6) is 0 Å². The highest BCUT2D eigenvalue weighted by molar-refractivity contribution is 5.93. The van der Waals surface area contributed by atoms with Crippen molar-refractivity contribution in [1.29, 1.82) is 0 Å². The average Bonchev–Trinajstić information content (AvgIpc) is 3.21. The summed E-state index contributed by atoms with van der Waals surface area (Å²) in [5.74, 6) is -0.876. The number of imidazole rings is 1. The number of aliphatic hydroxyl groups is 1. The molecule has 1 unspecified atom stereocenters. The summed E-state index contributed by atoms with van der Waals surface area (Å²) in [5, 5.41) is 21.2. The van der Waals surface area contributed by atoms with E-state index in [2.05, 4.69) is 9.97 Å². The minimum Gasteiger partial charge on any atom is -0.477 e. The lowest BCUT2D eigenvalue weighted by atomic mass is 9.72. The molecule has 0 bridgehead atoms. The molecule has 0 radical (unpaired) electrons. The van der Waals surface area contributed by atoms with Crippen LogP contribution in [0.25, 0.3) is 11.3 Å². The summed E-state index contributed by atoms with van der Waals surface area (Å²) in [6, 6.07) is 9.31. The van der Waals surface area contributed by atoms with Gasteiger partial charge >= 0.3 is 5.97 Å². The Bertz CT molecular complexity index is 934. The highest BCUT2D eigenvalue weighted by Crippen LogP contribution is 2.43. The Hall–Kier alpha value is -2.71. The Morgan fingerprint density at radius 2 is 2.03 bits per heavy atom. The van der Waals surface area contributed by atoms with Gasteiger partial charge < -0.3 is 24.8 Å². The number of carbonyl (C=O) groups is 2. The van der Waals surface area contributed by atoms with E-state index in [4.69, 9.17) is 4.74 Å². The fourth-order valence-corrected chi connectivity index (χ4v) is 5.02. The zero-order chi connectivity index (χ0) is 22.0. The summed E-state index contributed by atoms with van der Waals surface area (Å²) in [6.45, 7) is 3.26. The van der Waals surface area contributed by atoms with Gasteiger partial charge in [0.05, 0.1) is 12.2 Å². The largest absolute Gasteiger partial charge is 0.477 e. The Morgan fingerprint density at radius 1 is 1.32 bits per heavy atom. The summed E-state index contributed by atoms with van der Waals surface area (Å²) in [6.07, 6.45) is 3.10. The molecule has 0 spiro atoms. The van der Waals surface area contributed by atoms with Gasteiger partial charge in [-0.05, 0) is 32.1 Å². The lowest BCUT2D eigenvalue weighted by Crippen LogP contribution is -2.52. The van der Waals surface area contributed by atoms with Gasteiger partial charge in [-0.15, -0.1) is 0 Å². The second-order valence-electron chi connectivity index (χ2n) is 8.45. The fourth-order valence-electron chi connectivity index (χ4n) is 5.02. The van der Waals surface area contributed by atoms with Crippen molar-refractivity contribution in [3.8, 4) is 11.3 Å². The molecule has 1 aromatic heterocycles. The number of morpholine rings is 1. The average molecular weight is 428 g/mol. The van der Waals surface area contributed by atoms with Crippen molar-refractivity contribution in [2.45, 2.75) is 56.6 Å². The molecule has 2 aromatic rings. The van der Waals surface area contributed by atoms with Gasteiger partial charge in [-0.1, -0.05) is 37.3 Å². The molecule has 1 atom stereocenters. The lowest BCUT2D eigenvalue weighted by molar-refractivity contribution is -0.148. The van der Waals surface area contributed by atoms with Crippen molar-refractivity contribution >= 4 is 11.9 Å². The van der Waals surface area contributed by atoms with E-state index in [1.807, 2.05) is 42.2 Å². The molecule has 2 fully saturated rings. The first kappa shape index (κ1) is 21.5. The molecule has 3 N–H and O–H groups in total. The zero-order valence-corrected chi connectivity index (χ0v) is 17.7. The lowest BCUT2D eigenvalue weighted by Gasteiger charge is -2.44. The molecule has 166 valence electrons. The predicted octanol–water partition coefficient (Wildman–Crippen LogP) is 2.80. The van der Waals surface area contributed by atoms with E-state index < -0.39 is 11.6 Å². The standard InChI is InChI=1S/C23H29N3O5/c1-2-17(21-24-19(20(25-21)22(28)29)15-6-4-3-5-7-15)23(30)10-8-16(9-11-23)26-12-13-31-14-18(26)27/h3-7,16-17,30H,2,8-14H2,1H3,(H,24,25)(H,28,29). The molecule has 8 heteroatoms. The van der Waals surface area contributed by atoms with Crippen LogP contribution in [0.3, 0.4) is 0 Å². The Kier molecular flexibility index (Phi) is 6.11. The van der Waals surface area contributed by atoms with E-state index in [1.54, 1.807) is 0 Å². The number of aromatic nitrogens is 2. The second-order valence-corrected chi connectivity index (χ2v) is 8.45. The molecule has 2 heterocycles. The van der Waals surface area contributed by atoms with Crippen LogP contribution >= 0.6 is 0 Å². The Labute approximate surface area is 181 Å². The third kappa shape index (κ3) is 4.22. The molecule has 1 aliphatic carbocycles. The first-order valence-corrected chi connectivity index (χ1v) is 10.9. The molecule has 2 aliphatic rings. The summed E-state index contributed by atoms with van der Waals surface area (Å²) in [7, 11) is 0. The third-order valence-corrected chi connectivity index (χ3v) is 6.65. The van der Waals surface area contributed by atoms with E-state index in [9.17, 15) is 19.8 Å². The van der Waals surface area contributed by atoms with E-state index in [1.165, 1.54) is 0 Å². The van der Waals surface area contributed by atoms with Gasteiger partial charge in [0.1, 0.15) is 18.1 Å². The van der Waals surface area contributed by atoms with Crippen LogP contribution in [0.1, 0.15) is 61.3 Å². The predicted molar refractivity (Wildman–Crippen MR) is 114 cm³/mol. The van der Waals surface area contributed by atoms with Crippen LogP contribution in [0.15, 0.2) is 30.3 Å². The molecular weight excluding hydrogens is 398 g/mol. The van der Waals surface area contributed by atoms with Gasteiger partial charge in [-0.25, -0.2) is 9.78 Å². The van der Waals surface area contributed by atoms with Crippen molar-refractivity contribution < 1.29 is 24.5 Å². The minimum atomic E-state index is -1.08. The van der Waals surface area contributed by atoms with Crippen LogP contribution in [0.2, 0.25) is 0 Å². The number of carboxylic acids is 1. The van der Waals surface area contributed by atoms with Crippen LogP contribution in [-0.4, -0.2) is 68.4 Å². The summed E-state index contributed by atoms with van der Waals surface area (Å²) < 4.78 is 5.23. The van der Waals surface area contributed by atoms with Crippen molar-refractivity contribution in [1.82, 2.24) is 14.9 Å². The number of hydrogen-bond donors (Lipinski definition) is 3. The molecule has 1 saturated carbocycles. The van der Waals surface area contributed by atoms with E-state index in [-0.39, 0.29) is 30.2 Å². The minimum absolute atomic E-state index is 0.0124. The highest BCUT2D eigenvalue weighted by atomic mass is 16.5. The summed E-state index contributed by atoms with van der Waals surface area (Å²) in [5.41, 5.74) is 0.148. The summed E-state index contributed by atoms with van der Waals surface area (Å²) in [4.78, 5) is 33.5. The molecule has 1 aromatic carbocycles. The van der Waals surface area contributed by atoms with E-state index >= 15 is 0 Å². The molecule has 1 aliphatic heterocycles. The first-order chi connectivity index (χ1) is 14.9. The normalized spacial score (nSPS) is 25.4. The third-order valence-electron chi connectivity index (χ3n) is 6.65. The van der Waals surface area contributed by atoms with E-state index in [0.29, 0.717) is 56.8 Å². The van der Waals surface area contributed by atoms with Gasteiger partial charge in [0.15, 0.2) is 5.69 Å². The maximum Gasteiger partial charge on any atom is 0.354 e. The number of carbonyl (C=O) groups excluding carboxylic acids is 1. The maximum absolute atomic E-state index is 12.2. The number of rotatable bonds is 6. The fraction of sp³-hybridized carbons (Fsp3) is 0.522. The molecule has 8 nitrogen and oxygen atoms in total. The molecule has 31 heavy (non-hydrogen) atoms. The number of amides is 1. The number of carboxylic acid groups (broad SMARTS) is 1. The van der Waals surface area contributed by atoms with Gasteiger partial charge in [0, 0.05) is 24.1 Å². The number of benzene rings is 1. The highest BCUT2D eigenvalue weighted by Gasteiger charge is 2.44. The first-order valence-electron chi connectivity index (χ1n) is 10.9. The number of aromatic carboxylic acids is 1. The van der Waals surface area contributed by atoms with Gasteiger partial charge in [-0.2, -0.15) is 0 Å². The van der Waals surface area contributed by atoms with Gasteiger partial charge in [0.2, 0.25) is 5.91 Å². The van der Waals surface area contributed by atoms with Crippen molar-refractivity contribution in [3.63, 3.8) is 0 Å². The van der Waals surface area contributed by atoms with Crippen LogP contribution in [-0.2, 0) is 9.53 Å². The smallest absolute Gasteiger partial charge is 0.354 e. The van der Waals surface area contributed by atoms with Gasteiger partial charge in [0.25, 0.3) is 0 Å². The van der Waals surface area contributed by atoms with Crippen molar-refractivity contribution in [3.05, 3.63) is 41.9 Å². The van der Waals surface area contributed by atoms with Crippen LogP contribution in [0.4, 0.5) is 0 Å². The quantitative estimate of drug-likeness (QED) is 0.653.